The number of aliphatic hydroxyl groups is 1. The van der Waals surface area contributed by atoms with Crippen LogP contribution in [0.3, 0.4) is 0 Å². The molecule has 0 aliphatic carbocycles. The third kappa shape index (κ3) is 4.25. The zero-order valence-electron chi connectivity index (χ0n) is 13.6. The summed E-state index contributed by atoms with van der Waals surface area (Å²) in [6, 6.07) is -0.896. The lowest BCUT2D eigenvalue weighted by atomic mass is 9.91. The molecule has 0 saturated carbocycles. The molecule has 0 heterocycles. The van der Waals surface area contributed by atoms with E-state index in [1.807, 2.05) is 0 Å². The number of hydrogen-bond acceptors (Lipinski definition) is 2. The molecule has 0 fully saturated rings. The second-order valence-electron chi connectivity index (χ2n) is 5.88. The Labute approximate surface area is 147 Å². The molecule has 3 nitrogen and oxygen atoms in total. The largest absolute Gasteiger partial charge is 0.460 e. The van der Waals surface area contributed by atoms with Crippen molar-refractivity contribution in [3.8, 4) is 0 Å². The third-order valence-electron chi connectivity index (χ3n) is 3.18. The van der Waals surface area contributed by atoms with Crippen molar-refractivity contribution >= 4 is 5.91 Å². The monoisotopic (exact) mass is 449 g/mol. The molecule has 0 aromatic carbocycles. The van der Waals surface area contributed by atoms with Crippen LogP contribution in [0, 0.1) is 0 Å². The number of halogens is 13. The van der Waals surface area contributed by atoms with Gasteiger partial charge in [-0.2, -0.15) is 57.1 Å². The quantitative estimate of drug-likeness (QED) is 0.551. The minimum atomic E-state index is -8.02. The Morgan fingerprint density at radius 2 is 1.11 bits per heavy atom. The summed E-state index contributed by atoms with van der Waals surface area (Å²) in [6.45, 7) is 2.34. The molecule has 168 valence electrons. The predicted molar refractivity (Wildman–Crippen MR) is 64.7 cm³/mol. The van der Waals surface area contributed by atoms with Gasteiger partial charge in [0, 0.05) is 6.04 Å². The van der Waals surface area contributed by atoms with E-state index in [1.165, 1.54) is 13.8 Å². The van der Waals surface area contributed by atoms with Crippen LogP contribution in [-0.2, 0) is 4.79 Å². The van der Waals surface area contributed by atoms with Crippen molar-refractivity contribution in [3.05, 3.63) is 0 Å². The maximum Gasteiger partial charge on any atom is 0.460 e. The first kappa shape index (κ1) is 26.5. The van der Waals surface area contributed by atoms with Crippen molar-refractivity contribution in [2.24, 2.45) is 0 Å². The van der Waals surface area contributed by atoms with Crippen LogP contribution in [-0.4, -0.2) is 58.9 Å². The summed E-state index contributed by atoms with van der Waals surface area (Å²) in [4.78, 5) is 11.2. The molecule has 0 aromatic rings. The van der Waals surface area contributed by atoms with E-state index < -0.39 is 60.3 Å². The zero-order valence-corrected chi connectivity index (χ0v) is 13.6. The fourth-order valence-corrected chi connectivity index (χ4v) is 1.65. The van der Waals surface area contributed by atoms with Gasteiger partial charge >= 0.3 is 35.8 Å². The number of amides is 1. The number of aliphatic hydroxyl groups excluding tert-OH is 1. The van der Waals surface area contributed by atoms with E-state index in [0.717, 1.165) is 0 Å². The number of rotatable bonds is 8. The average molecular weight is 449 g/mol. The van der Waals surface area contributed by atoms with Gasteiger partial charge in [-0.3, -0.25) is 4.79 Å². The summed E-state index contributed by atoms with van der Waals surface area (Å²) in [5.74, 6) is -39.7. The summed E-state index contributed by atoms with van der Waals surface area (Å²) >= 11 is 0. The maximum absolute atomic E-state index is 13.4. The van der Waals surface area contributed by atoms with Crippen molar-refractivity contribution in [1.29, 1.82) is 0 Å². The van der Waals surface area contributed by atoms with Crippen LogP contribution in [0.5, 0.6) is 0 Å². The SMILES string of the molecule is CC(C)NC(=O)C(O)CC(F)(F)C(F)(F)C(F)(F)C(F)(F)C(F)(F)C(F)(F)F. The Bertz CT molecular complexity index is 570. The van der Waals surface area contributed by atoms with Gasteiger partial charge in [-0.05, 0) is 13.8 Å². The van der Waals surface area contributed by atoms with Crippen molar-refractivity contribution in [1.82, 2.24) is 5.32 Å². The molecule has 28 heavy (non-hydrogen) atoms. The van der Waals surface area contributed by atoms with E-state index in [4.69, 9.17) is 5.11 Å². The van der Waals surface area contributed by atoms with Crippen molar-refractivity contribution < 1.29 is 67.0 Å². The van der Waals surface area contributed by atoms with E-state index in [1.54, 1.807) is 5.32 Å². The Morgan fingerprint density at radius 3 is 1.43 bits per heavy atom. The van der Waals surface area contributed by atoms with E-state index in [2.05, 4.69) is 0 Å². The van der Waals surface area contributed by atoms with Crippen LogP contribution in [0.25, 0.3) is 0 Å². The van der Waals surface area contributed by atoms with E-state index in [9.17, 15) is 61.9 Å². The number of carbonyl (C=O) groups is 1. The summed E-state index contributed by atoms with van der Waals surface area (Å²) in [6.07, 6.45) is -13.7. The standard InChI is InChI=1S/C12H12F13NO2/c1-4(2)26-6(28)5(27)3-7(13,14)8(15,16)9(17,18)10(19,20)11(21,22)12(23,24)25/h4-5,27H,3H2,1-2H3,(H,26,28). The molecule has 0 radical (unpaired) electrons. The van der Waals surface area contributed by atoms with Crippen LogP contribution in [0.15, 0.2) is 0 Å². The second-order valence-corrected chi connectivity index (χ2v) is 5.88. The van der Waals surface area contributed by atoms with Crippen molar-refractivity contribution in [3.63, 3.8) is 0 Å². The van der Waals surface area contributed by atoms with Gasteiger partial charge in [-0.15, -0.1) is 0 Å². The zero-order chi connectivity index (χ0) is 23.1. The molecule has 0 aromatic heterocycles. The first-order chi connectivity index (χ1) is 12.0. The van der Waals surface area contributed by atoms with Gasteiger partial charge < -0.3 is 10.4 Å². The molecule has 0 spiro atoms. The Morgan fingerprint density at radius 1 is 0.750 bits per heavy atom. The lowest BCUT2D eigenvalue weighted by Crippen LogP contribution is -2.70. The van der Waals surface area contributed by atoms with Gasteiger partial charge in [0.1, 0.15) is 6.10 Å². The van der Waals surface area contributed by atoms with Gasteiger partial charge in [-0.1, -0.05) is 0 Å². The topological polar surface area (TPSA) is 49.3 Å². The normalized spacial score (nSPS) is 16.3. The molecule has 0 saturated heterocycles. The van der Waals surface area contributed by atoms with Gasteiger partial charge in [0.05, 0.1) is 6.42 Å². The van der Waals surface area contributed by atoms with Gasteiger partial charge in [0.15, 0.2) is 0 Å². The fourth-order valence-electron chi connectivity index (χ4n) is 1.65. The maximum atomic E-state index is 13.4. The number of nitrogens with one attached hydrogen (secondary N) is 1. The highest BCUT2D eigenvalue weighted by atomic mass is 19.4. The summed E-state index contributed by atoms with van der Waals surface area (Å²) < 4.78 is 167. The van der Waals surface area contributed by atoms with Crippen LogP contribution in [0.1, 0.15) is 20.3 Å². The molecule has 1 amide bonds. The Kier molecular flexibility index (Phi) is 7.01. The summed E-state index contributed by atoms with van der Waals surface area (Å²) in [5, 5.41) is 10.7. The third-order valence-corrected chi connectivity index (χ3v) is 3.18. The molecule has 0 aliphatic rings. The molecule has 2 N–H and O–H groups in total. The molecule has 0 rings (SSSR count). The van der Waals surface area contributed by atoms with Crippen LogP contribution < -0.4 is 5.32 Å². The molecule has 16 heteroatoms. The summed E-state index contributed by atoms with van der Waals surface area (Å²) in [5.41, 5.74) is 0. The van der Waals surface area contributed by atoms with E-state index in [0.29, 0.717) is 0 Å². The Hall–Kier alpha value is -1.48. The van der Waals surface area contributed by atoms with Crippen molar-refractivity contribution in [2.45, 2.75) is 68.2 Å². The van der Waals surface area contributed by atoms with Gasteiger partial charge in [0.25, 0.3) is 0 Å². The van der Waals surface area contributed by atoms with E-state index >= 15 is 0 Å². The minimum absolute atomic E-state index is 0.896. The highest BCUT2D eigenvalue weighted by molar-refractivity contribution is 5.80. The number of alkyl halides is 13. The van der Waals surface area contributed by atoms with Crippen LogP contribution >= 0.6 is 0 Å². The number of carbonyl (C=O) groups excluding carboxylic acids is 1. The molecule has 1 atom stereocenters. The van der Waals surface area contributed by atoms with Crippen LogP contribution in [0.2, 0.25) is 0 Å². The predicted octanol–water partition coefficient (Wildman–Crippen LogP) is 4.00. The summed E-state index contributed by atoms with van der Waals surface area (Å²) in [7, 11) is 0. The van der Waals surface area contributed by atoms with Gasteiger partial charge in [0.2, 0.25) is 5.91 Å². The lowest BCUT2D eigenvalue weighted by molar-refractivity contribution is -0.440. The molecular weight excluding hydrogens is 437 g/mol. The lowest BCUT2D eigenvalue weighted by Gasteiger charge is -2.40. The van der Waals surface area contributed by atoms with Gasteiger partial charge in [-0.25, -0.2) is 0 Å². The molecule has 0 aliphatic heterocycles. The van der Waals surface area contributed by atoms with Crippen LogP contribution in [0.4, 0.5) is 57.1 Å². The first-order valence-electron chi connectivity index (χ1n) is 6.91. The van der Waals surface area contributed by atoms with E-state index in [-0.39, 0.29) is 0 Å². The highest BCUT2D eigenvalue weighted by Crippen LogP contribution is 2.60. The number of hydrogen-bond donors (Lipinski definition) is 2. The average Bonchev–Trinajstić information content (AvgIpc) is 2.43. The minimum Gasteiger partial charge on any atom is -0.383 e. The van der Waals surface area contributed by atoms with Crippen molar-refractivity contribution in [2.75, 3.05) is 0 Å². The fraction of sp³-hybridized carbons (Fsp3) is 0.917. The second kappa shape index (κ2) is 7.40. The first-order valence-corrected chi connectivity index (χ1v) is 6.91. The molecular formula is C12H12F13NO2. The molecule has 0 bridgehead atoms. The molecule has 1 unspecified atom stereocenters. The smallest absolute Gasteiger partial charge is 0.383 e. The Balaban J connectivity index is 6.02. The highest BCUT2D eigenvalue weighted by Gasteiger charge is 2.90.